The summed E-state index contributed by atoms with van der Waals surface area (Å²) < 4.78 is 0. The molecule has 1 fully saturated rings. The molecule has 1 saturated heterocycles. The zero-order chi connectivity index (χ0) is 8.97. The Kier molecular flexibility index (Phi) is 3.80. The summed E-state index contributed by atoms with van der Waals surface area (Å²) >= 11 is 0. The van der Waals surface area contributed by atoms with Crippen LogP contribution in [0.15, 0.2) is 12.2 Å². The molecule has 0 aromatic rings. The number of rotatable bonds is 3. The molecule has 0 bridgehead atoms. The second-order valence-electron chi connectivity index (χ2n) is 4.24. The van der Waals surface area contributed by atoms with Gasteiger partial charge in [-0.3, -0.25) is 0 Å². The third-order valence-corrected chi connectivity index (χ3v) is 2.82. The monoisotopic (exact) mass is 167 g/mol. The molecule has 0 unspecified atom stereocenters. The van der Waals surface area contributed by atoms with Gasteiger partial charge in [0, 0.05) is 0 Å². The van der Waals surface area contributed by atoms with Crippen molar-refractivity contribution in [2.45, 2.75) is 32.6 Å². The van der Waals surface area contributed by atoms with Gasteiger partial charge in [0.05, 0.1) is 0 Å². The maximum Gasteiger partial charge on any atom is -0.00191 e. The number of likely N-dealkylation sites (tertiary alicyclic amines) is 1. The molecule has 0 N–H and O–H groups in total. The van der Waals surface area contributed by atoms with Crippen LogP contribution in [0.1, 0.15) is 32.6 Å². The molecule has 0 aromatic heterocycles. The molecule has 1 aliphatic heterocycles. The van der Waals surface area contributed by atoms with Gasteiger partial charge in [0.1, 0.15) is 0 Å². The average Bonchev–Trinajstić information content (AvgIpc) is 2.03. The van der Waals surface area contributed by atoms with Crippen molar-refractivity contribution >= 4 is 0 Å². The fourth-order valence-corrected chi connectivity index (χ4v) is 1.80. The lowest BCUT2D eigenvalue weighted by Gasteiger charge is -2.28. The summed E-state index contributed by atoms with van der Waals surface area (Å²) in [6.45, 7) is 8.66. The van der Waals surface area contributed by atoms with E-state index in [1.165, 1.54) is 44.3 Å². The van der Waals surface area contributed by atoms with Gasteiger partial charge in [0.25, 0.3) is 0 Å². The number of allylic oxidation sites excluding steroid dienone is 1. The second kappa shape index (κ2) is 4.66. The van der Waals surface area contributed by atoms with Gasteiger partial charge < -0.3 is 4.90 Å². The predicted octanol–water partition coefficient (Wildman–Crippen LogP) is 2.68. The topological polar surface area (TPSA) is 3.24 Å². The van der Waals surface area contributed by atoms with Crippen molar-refractivity contribution in [1.82, 2.24) is 4.90 Å². The van der Waals surface area contributed by atoms with Crippen LogP contribution in [0.4, 0.5) is 0 Å². The summed E-state index contributed by atoms with van der Waals surface area (Å²) in [5, 5.41) is 0. The molecule has 0 atom stereocenters. The Labute approximate surface area is 76.5 Å². The van der Waals surface area contributed by atoms with Crippen LogP contribution < -0.4 is 0 Å². The Bertz CT molecular complexity index is 143. The molecule has 1 heterocycles. The molecule has 1 rings (SSSR count). The quantitative estimate of drug-likeness (QED) is 0.584. The molecular weight excluding hydrogens is 146 g/mol. The molecule has 0 amide bonds. The van der Waals surface area contributed by atoms with Crippen molar-refractivity contribution in [3.63, 3.8) is 0 Å². The van der Waals surface area contributed by atoms with Crippen LogP contribution in [-0.4, -0.2) is 25.0 Å². The molecule has 0 aliphatic carbocycles. The zero-order valence-electron chi connectivity index (χ0n) is 8.47. The second-order valence-corrected chi connectivity index (χ2v) is 4.24. The van der Waals surface area contributed by atoms with Crippen LogP contribution in [0.3, 0.4) is 0 Å². The molecule has 0 radical (unpaired) electrons. The van der Waals surface area contributed by atoms with Gasteiger partial charge >= 0.3 is 0 Å². The smallest absolute Gasteiger partial charge is 0.00191 e. The van der Waals surface area contributed by atoms with E-state index in [2.05, 4.69) is 25.5 Å². The first-order valence-corrected chi connectivity index (χ1v) is 5.01. The van der Waals surface area contributed by atoms with Crippen LogP contribution in [0.25, 0.3) is 0 Å². The van der Waals surface area contributed by atoms with E-state index >= 15 is 0 Å². The van der Waals surface area contributed by atoms with Crippen LogP contribution in [0, 0.1) is 5.92 Å². The Morgan fingerprint density at radius 2 is 2.00 bits per heavy atom. The minimum atomic E-state index is 0.970. The van der Waals surface area contributed by atoms with E-state index in [0.29, 0.717) is 0 Å². The van der Waals surface area contributed by atoms with Gasteiger partial charge in [-0.15, -0.1) is 6.58 Å². The first-order valence-electron chi connectivity index (χ1n) is 5.01. The van der Waals surface area contributed by atoms with E-state index in [1.807, 2.05) is 0 Å². The molecule has 1 aliphatic rings. The Morgan fingerprint density at radius 3 is 2.50 bits per heavy atom. The van der Waals surface area contributed by atoms with E-state index in [-0.39, 0.29) is 0 Å². The summed E-state index contributed by atoms with van der Waals surface area (Å²) in [7, 11) is 2.22. The largest absolute Gasteiger partial charge is 0.306 e. The predicted molar refractivity (Wildman–Crippen MR) is 54.3 cm³/mol. The summed E-state index contributed by atoms with van der Waals surface area (Å²) in [5.74, 6) is 0.970. The van der Waals surface area contributed by atoms with Gasteiger partial charge in [0.2, 0.25) is 0 Å². The molecular formula is C11H21N. The molecule has 0 aromatic carbocycles. The summed E-state index contributed by atoms with van der Waals surface area (Å²) in [5.41, 5.74) is 1.34. The van der Waals surface area contributed by atoms with E-state index < -0.39 is 0 Å². The molecule has 1 nitrogen and oxygen atoms in total. The van der Waals surface area contributed by atoms with Gasteiger partial charge in [-0.05, 0) is 58.7 Å². The lowest BCUT2D eigenvalue weighted by molar-refractivity contribution is 0.212. The first-order chi connectivity index (χ1) is 5.68. The van der Waals surface area contributed by atoms with Crippen molar-refractivity contribution in [3.8, 4) is 0 Å². The highest BCUT2D eigenvalue weighted by molar-refractivity contribution is 4.88. The standard InChI is InChI=1S/C11H21N/c1-10(2)4-5-11-6-8-12(3)9-7-11/h11H,1,4-9H2,2-3H3. The molecule has 70 valence electrons. The molecule has 0 saturated carbocycles. The fraction of sp³-hybridized carbons (Fsp3) is 0.818. The SMILES string of the molecule is C=C(C)CCC1CCN(C)CC1. The van der Waals surface area contributed by atoms with Gasteiger partial charge in [0.15, 0.2) is 0 Å². The summed E-state index contributed by atoms with van der Waals surface area (Å²) in [6.07, 6.45) is 5.38. The van der Waals surface area contributed by atoms with Crippen molar-refractivity contribution in [2.24, 2.45) is 5.92 Å². The van der Waals surface area contributed by atoms with Crippen LogP contribution in [0.2, 0.25) is 0 Å². The van der Waals surface area contributed by atoms with E-state index in [0.717, 1.165) is 5.92 Å². The lowest BCUT2D eigenvalue weighted by Crippen LogP contribution is -2.30. The zero-order valence-corrected chi connectivity index (χ0v) is 8.47. The van der Waals surface area contributed by atoms with Gasteiger partial charge in [-0.1, -0.05) is 5.57 Å². The number of hydrogen-bond acceptors (Lipinski definition) is 1. The van der Waals surface area contributed by atoms with Crippen LogP contribution in [0.5, 0.6) is 0 Å². The van der Waals surface area contributed by atoms with Gasteiger partial charge in [-0.25, -0.2) is 0 Å². The minimum absolute atomic E-state index is 0.970. The lowest BCUT2D eigenvalue weighted by atomic mass is 9.91. The highest BCUT2D eigenvalue weighted by atomic mass is 15.1. The maximum absolute atomic E-state index is 3.94. The number of hydrogen-bond donors (Lipinski definition) is 0. The average molecular weight is 167 g/mol. The minimum Gasteiger partial charge on any atom is -0.306 e. The third-order valence-electron chi connectivity index (χ3n) is 2.82. The van der Waals surface area contributed by atoms with Crippen molar-refractivity contribution < 1.29 is 0 Å². The molecule has 0 spiro atoms. The first kappa shape index (κ1) is 9.79. The van der Waals surface area contributed by atoms with E-state index in [4.69, 9.17) is 0 Å². The normalized spacial score (nSPS) is 21.2. The number of nitrogens with zero attached hydrogens (tertiary/aromatic N) is 1. The maximum atomic E-state index is 3.94. The molecule has 1 heteroatoms. The van der Waals surface area contributed by atoms with E-state index in [1.54, 1.807) is 0 Å². The fourth-order valence-electron chi connectivity index (χ4n) is 1.80. The Hall–Kier alpha value is -0.300. The highest BCUT2D eigenvalue weighted by Gasteiger charge is 2.15. The highest BCUT2D eigenvalue weighted by Crippen LogP contribution is 2.22. The number of piperidine rings is 1. The van der Waals surface area contributed by atoms with Crippen molar-refractivity contribution in [2.75, 3.05) is 20.1 Å². The Morgan fingerprint density at radius 1 is 1.42 bits per heavy atom. The van der Waals surface area contributed by atoms with Gasteiger partial charge in [-0.2, -0.15) is 0 Å². The van der Waals surface area contributed by atoms with Crippen LogP contribution in [-0.2, 0) is 0 Å². The summed E-state index contributed by atoms with van der Waals surface area (Å²) in [6, 6.07) is 0. The Balaban J connectivity index is 2.13. The van der Waals surface area contributed by atoms with Crippen molar-refractivity contribution in [1.29, 1.82) is 0 Å². The third kappa shape index (κ3) is 3.40. The van der Waals surface area contributed by atoms with Crippen molar-refractivity contribution in [3.05, 3.63) is 12.2 Å². The molecule has 12 heavy (non-hydrogen) atoms. The van der Waals surface area contributed by atoms with Crippen LogP contribution >= 0.6 is 0 Å². The van der Waals surface area contributed by atoms with E-state index in [9.17, 15) is 0 Å². The summed E-state index contributed by atoms with van der Waals surface area (Å²) in [4.78, 5) is 2.43.